The van der Waals surface area contributed by atoms with Gasteiger partial charge in [0.15, 0.2) is 0 Å². The summed E-state index contributed by atoms with van der Waals surface area (Å²) in [6.07, 6.45) is 2.57. The van der Waals surface area contributed by atoms with E-state index >= 15 is 0 Å². The van der Waals surface area contributed by atoms with E-state index in [9.17, 15) is 18.4 Å². The lowest BCUT2D eigenvalue weighted by Gasteiger charge is -2.15. The molecule has 142 valence electrons. The Hall–Kier alpha value is -3.22. The smallest absolute Gasteiger partial charge is 0.387 e. The second kappa shape index (κ2) is 9.47. The summed E-state index contributed by atoms with van der Waals surface area (Å²) in [6, 6.07) is 13.4. The number of hydrogen-bond acceptors (Lipinski definition) is 3. The van der Waals surface area contributed by atoms with Gasteiger partial charge in [-0.2, -0.15) is 8.78 Å². The number of benzene rings is 2. The zero-order chi connectivity index (χ0) is 19.8. The van der Waals surface area contributed by atoms with Crippen LogP contribution in [0, 0.1) is 6.92 Å². The lowest BCUT2D eigenvalue weighted by Crippen LogP contribution is -2.33. The van der Waals surface area contributed by atoms with Crippen LogP contribution in [0.3, 0.4) is 0 Å². The molecule has 0 bridgehead atoms. The number of halogens is 2. The number of hydrogen-bond donors (Lipinski definition) is 1. The van der Waals surface area contributed by atoms with Crippen LogP contribution in [0.25, 0.3) is 6.08 Å². The first-order valence-electron chi connectivity index (χ1n) is 8.18. The third kappa shape index (κ3) is 6.54. The molecule has 0 saturated carbocycles. The van der Waals surface area contributed by atoms with Gasteiger partial charge >= 0.3 is 6.61 Å². The van der Waals surface area contributed by atoms with Crippen molar-refractivity contribution in [2.24, 2.45) is 0 Å². The van der Waals surface area contributed by atoms with E-state index in [1.165, 1.54) is 30.2 Å². The molecule has 2 aromatic rings. The molecule has 0 aliphatic heterocycles. The second-order valence-corrected chi connectivity index (χ2v) is 5.86. The van der Waals surface area contributed by atoms with Crippen LogP contribution in [0.4, 0.5) is 14.5 Å². The quantitative estimate of drug-likeness (QED) is 0.752. The predicted octanol–water partition coefficient (Wildman–Crippen LogP) is 3.71. The normalized spacial score (nSPS) is 10.9. The van der Waals surface area contributed by atoms with Crippen LogP contribution in [-0.4, -0.2) is 36.9 Å². The molecular weight excluding hydrogens is 354 g/mol. The maximum atomic E-state index is 12.4. The number of carbonyl (C=O) groups excluding carboxylic acids is 2. The Morgan fingerprint density at radius 3 is 2.48 bits per heavy atom. The first-order valence-corrected chi connectivity index (χ1v) is 8.18. The van der Waals surface area contributed by atoms with Crippen LogP contribution in [0.1, 0.15) is 11.1 Å². The van der Waals surface area contributed by atoms with E-state index in [2.05, 4.69) is 10.1 Å². The van der Waals surface area contributed by atoms with Crippen LogP contribution in [0.15, 0.2) is 54.6 Å². The lowest BCUT2D eigenvalue weighted by atomic mass is 10.2. The summed E-state index contributed by atoms with van der Waals surface area (Å²) in [5.41, 5.74) is 2.05. The number of anilines is 1. The minimum absolute atomic E-state index is 0.0312. The Morgan fingerprint density at radius 1 is 1.15 bits per heavy atom. The van der Waals surface area contributed by atoms with E-state index in [4.69, 9.17) is 0 Å². The maximum absolute atomic E-state index is 12.4. The van der Waals surface area contributed by atoms with Gasteiger partial charge < -0.3 is 15.0 Å². The van der Waals surface area contributed by atoms with Gasteiger partial charge in [0.05, 0.1) is 6.54 Å². The predicted molar refractivity (Wildman–Crippen MR) is 99.6 cm³/mol. The van der Waals surface area contributed by atoms with E-state index in [1.807, 2.05) is 19.1 Å². The highest BCUT2D eigenvalue weighted by Gasteiger charge is 2.12. The largest absolute Gasteiger partial charge is 0.434 e. The Balaban J connectivity index is 1.94. The van der Waals surface area contributed by atoms with E-state index in [-0.39, 0.29) is 18.2 Å². The van der Waals surface area contributed by atoms with Crippen molar-refractivity contribution < 1.29 is 23.1 Å². The summed E-state index contributed by atoms with van der Waals surface area (Å²) in [4.78, 5) is 25.4. The Morgan fingerprint density at radius 2 is 1.81 bits per heavy atom. The zero-order valence-electron chi connectivity index (χ0n) is 15.0. The SMILES string of the molecule is Cc1ccc(NC(=O)CN(C)C(=O)/C=C/c2ccccc2OC(F)F)cc1. The Kier molecular flexibility index (Phi) is 7.05. The fourth-order valence-electron chi connectivity index (χ4n) is 2.24. The Labute approximate surface area is 156 Å². The molecule has 0 saturated heterocycles. The molecule has 2 aromatic carbocycles. The highest BCUT2D eigenvalue weighted by atomic mass is 19.3. The molecule has 2 rings (SSSR count). The molecule has 7 heteroatoms. The molecule has 0 atom stereocenters. The molecule has 0 heterocycles. The Bertz CT molecular complexity index is 820. The monoisotopic (exact) mass is 374 g/mol. The van der Waals surface area contributed by atoms with Gasteiger partial charge in [-0.05, 0) is 31.2 Å². The first-order chi connectivity index (χ1) is 12.8. The van der Waals surface area contributed by atoms with E-state index in [0.29, 0.717) is 11.3 Å². The number of carbonyl (C=O) groups is 2. The molecule has 0 aromatic heterocycles. The van der Waals surface area contributed by atoms with Gasteiger partial charge in [0, 0.05) is 24.4 Å². The van der Waals surface area contributed by atoms with Crippen LogP contribution in [0.5, 0.6) is 5.75 Å². The number of nitrogens with one attached hydrogen (secondary N) is 1. The lowest BCUT2D eigenvalue weighted by molar-refractivity contribution is -0.129. The fourth-order valence-corrected chi connectivity index (χ4v) is 2.24. The number of ether oxygens (including phenoxy) is 1. The van der Waals surface area contributed by atoms with Gasteiger partial charge in [-0.1, -0.05) is 35.9 Å². The van der Waals surface area contributed by atoms with Crippen molar-refractivity contribution in [3.8, 4) is 5.75 Å². The molecule has 0 aliphatic rings. The van der Waals surface area contributed by atoms with Gasteiger partial charge in [0.1, 0.15) is 5.75 Å². The maximum Gasteiger partial charge on any atom is 0.387 e. The summed E-state index contributed by atoms with van der Waals surface area (Å²) < 4.78 is 29.2. The minimum Gasteiger partial charge on any atom is -0.434 e. The van der Waals surface area contributed by atoms with Crippen molar-refractivity contribution in [3.63, 3.8) is 0 Å². The third-order valence-electron chi connectivity index (χ3n) is 3.63. The summed E-state index contributed by atoms with van der Waals surface area (Å²) in [7, 11) is 1.48. The molecule has 0 fully saturated rings. The summed E-state index contributed by atoms with van der Waals surface area (Å²) in [5.74, 6) is -0.818. The standard InChI is InChI=1S/C20H20F2N2O3/c1-14-7-10-16(11-8-14)23-18(25)13-24(2)19(26)12-9-15-5-3-4-6-17(15)27-20(21)22/h3-12,20H,13H2,1-2H3,(H,23,25)/b12-9+. The third-order valence-corrected chi connectivity index (χ3v) is 3.63. The topological polar surface area (TPSA) is 58.6 Å². The van der Waals surface area contributed by atoms with Gasteiger partial charge in [-0.15, -0.1) is 0 Å². The number of para-hydroxylation sites is 1. The van der Waals surface area contributed by atoms with Crippen LogP contribution >= 0.6 is 0 Å². The zero-order valence-corrected chi connectivity index (χ0v) is 15.0. The molecule has 0 radical (unpaired) electrons. The number of nitrogens with zero attached hydrogens (tertiary/aromatic N) is 1. The van der Waals surface area contributed by atoms with E-state index in [1.54, 1.807) is 30.3 Å². The fraction of sp³-hybridized carbons (Fsp3) is 0.200. The molecule has 5 nitrogen and oxygen atoms in total. The van der Waals surface area contributed by atoms with Crippen molar-refractivity contribution >= 4 is 23.6 Å². The number of likely N-dealkylation sites (N-methyl/N-ethyl adjacent to an activating group) is 1. The highest BCUT2D eigenvalue weighted by Crippen LogP contribution is 2.21. The minimum atomic E-state index is -2.96. The molecule has 1 N–H and O–H groups in total. The van der Waals surface area contributed by atoms with Gasteiger partial charge in [0.2, 0.25) is 11.8 Å². The molecule has 0 spiro atoms. The van der Waals surface area contributed by atoms with Crippen molar-refractivity contribution in [2.45, 2.75) is 13.5 Å². The molecule has 2 amide bonds. The number of alkyl halides is 2. The molecular formula is C20H20F2N2O3. The van der Waals surface area contributed by atoms with Crippen LogP contribution in [0.2, 0.25) is 0 Å². The average Bonchev–Trinajstić information content (AvgIpc) is 2.62. The molecule has 0 aliphatic carbocycles. The average molecular weight is 374 g/mol. The van der Waals surface area contributed by atoms with Crippen molar-refractivity contribution in [3.05, 3.63) is 65.7 Å². The molecule has 0 unspecified atom stereocenters. The van der Waals surface area contributed by atoms with Gasteiger partial charge in [-0.25, -0.2) is 0 Å². The van der Waals surface area contributed by atoms with Crippen LogP contribution in [-0.2, 0) is 9.59 Å². The number of amides is 2. The van der Waals surface area contributed by atoms with E-state index in [0.717, 1.165) is 5.56 Å². The molecule has 27 heavy (non-hydrogen) atoms. The number of rotatable bonds is 7. The van der Waals surface area contributed by atoms with Crippen LogP contribution < -0.4 is 10.1 Å². The number of aryl methyl sites for hydroxylation is 1. The van der Waals surface area contributed by atoms with Crippen molar-refractivity contribution in [1.82, 2.24) is 4.90 Å². The van der Waals surface area contributed by atoms with Crippen molar-refractivity contribution in [1.29, 1.82) is 0 Å². The van der Waals surface area contributed by atoms with Crippen molar-refractivity contribution in [2.75, 3.05) is 18.9 Å². The van der Waals surface area contributed by atoms with Gasteiger partial charge in [0.25, 0.3) is 0 Å². The second-order valence-electron chi connectivity index (χ2n) is 5.86. The first kappa shape index (κ1) is 20.1. The summed E-state index contributed by atoms with van der Waals surface area (Å²) >= 11 is 0. The summed E-state index contributed by atoms with van der Waals surface area (Å²) in [5, 5.41) is 2.70. The van der Waals surface area contributed by atoms with E-state index < -0.39 is 12.5 Å². The van der Waals surface area contributed by atoms with Gasteiger partial charge in [-0.3, -0.25) is 9.59 Å². The highest BCUT2D eigenvalue weighted by molar-refractivity contribution is 5.98. The summed E-state index contributed by atoms with van der Waals surface area (Å²) in [6.45, 7) is -1.16.